The van der Waals surface area contributed by atoms with Gasteiger partial charge in [0.15, 0.2) is 11.6 Å². The van der Waals surface area contributed by atoms with E-state index in [0.29, 0.717) is 16.9 Å². The van der Waals surface area contributed by atoms with Crippen LogP contribution < -0.4 is 15.4 Å². The Kier molecular flexibility index (Phi) is 3.28. The van der Waals surface area contributed by atoms with E-state index >= 15 is 0 Å². The van der Waals surface area contributed by atoms with Gasteiger partial charge in [0.25, 0.3) is 0 Å². The number of aryl methyl sites for hydroxylation is 1. The van der Waals surface area contributed by atoms with Gasteiger partial charge in [-0.1, -0.05) is 0 Å². The van der Waals surface area contributed by atoms with Gasteiger partial charge in [0, 0.05) is 18.3 Å². The number of carbonyl (C=O) groups is 1. The molecule has 1 amide bonds. The van der Waals surface area contributed by atoms with Gasteiger partial charge in [-0.05, 0) is 47.9 Å². The maximum absolute atomic E-state index is 14.1. The van der Waals surface area contributed by atoms with E-state index in [4.69, 9.17) is 10.5 Å². The standard InChI is InChI=1S/C17H17FN2O2/c1-9-4-12-11-7-13(18)16(22-3)5-10(11)6-17(21)20(2)15(12)8-14(9)19/h4-5,7-8H,6,19H2,1-3H3. The van der Waals surface area contributed by atoms with Crippen LogP contribution in [0.2, 0.25) is 0 Å². The molecule has 0 radical (unpaired) electrons. The highest BCUT2D eigenvalue weighted by atomic mass is 19.1. The Balaban J connectivity index is 2.35. The molecule has 0 saturated carbocycles. The zero-order valence-electron chi connectivity index (χ0n) is 12.7. The molecule has 22 heavy (non-hydrogen) atoms. The first kappa shape index (κ1) is 14.4. The fourth-order valence-corrected chi connectivity index (χ4v) is 2.77. The van der Waals surface area contributed by atoms with Crippen molar-refractivity contribution in [3.63, 3.8) is 0 Å². The molecule has 4 nitrogen and oxygen atoms in total. The van der Waals surface area contributed by atoms with E-state index < -0.39 is 5.82 Å². The molecule has 1 aliphatic heterocycles. The molecule has 1 heterocycles. The lowest BCUT2D eigenvalue weighted by atomic mass is 9.95. The molecule has 2 N–H and O–H groups in total. The van der Waals surface area contributed by atoms with Gasteiger partial charge in [-0.15, -0.1) is 0 Å². The van der Waals surface area contributed by atoms with Crippen LogP contribution >= 0.6 is 0 Å². The first-order valence-corrected chi connectivity index (χ1v) is 6.96. The van der Waals surface area contributed by atoms with Crippen molar-refractivity contribution in [1.82, 2.24) is 0 Å². The second-order valence-corrected chi connectivity index (χ2v) is 5.50. The summed E-state index contributed by atoms with van der Waals surface area (Å²) in [5.74, 6) is -0.375. The van der Waals surface area contributed by atoms with Crippen molar-refractivity contribution in [1.29, 1.82) is 0 Å². The van der Waals surface area contributed by atoms with Crippen LogP contribution in [0.5, 0.6) is 5.75 Å². The summed E-state index contributed by atoms with van der Waals surface area (Å²) in [6.07, 6.45) is 0.191. The second kappa shape index (κ2) is 5.02. The summed E-state index contributed by atoms with van der Waals surface area (Å²) < 4.78 is 19.2. The van der Waals surface area contributed by atoms with Gasteiger partial charge in [0.05, 0.1) is 19.2 Å². The van der Waals surface area contributed by atoms with E-state index in [1.54, 1.807) is 24.1 Å². The summed E-state index contributed by atoms with van der Waals surface area (Å²) in [6.45, 7) is 1.89. The summed E-state index contributed by atoms with van der Waals surface area (Å²) in [5.41, 5.74) is 10.4. The molecule has 1 aliphatic rings. The number of halogens is 1. The van der Waals surface area contributed by atoms with Crippen molar-refractivity contribution in [3.8, 4) is 16.9 Å². The highest BCUT2D eigenvalue weighted by molar-refractivity contribution is 6.03. The van der Waals surface area contributed by atoms with E-state index in [9.17, 15) is 9.18 Å². The van der Waals surface area contributed by atoms with Crippen molar-refractivity contribution in [2.24, 2.45) is 0 Å². The molecule has 0 atom stereocenters. The molecule has 2 aromatic carbocycles. The van der Waals surface area contributed by atoms with Crippen LogP contribution in [0.3, 0.4) is 0 Å². The minimum atomic E-state index is -0.446. The van der Waals surface area contributed by atoms with Crippen molar-refractivity contribution in [3.05, 3.63) is 41.2 Å². The molecule has 0 aliphatic carbocycles. The predicted molar refractivity (Wildman–Crippen MR) is 84.7 cm³/mol. The largest absolute Gasteiger partial charge is 0.494 e. The van der Waals surface area contributed by atoms with E-state index in [-0.39, 0.29) is 18.1 Å². The fraction of sp³-hybridized carbons (Fsp3) is 0.235. The van der Waals surface area contributed by atoms with Gasteiger partial charge in [-0.25, -0.2) is 4.39 Å². The number of hydrogen-bond donors (Lipinski definition) is 1. The molecule has 2 aromatic rings. The summed E-state index contributed by atoms with van der Waals surface area (Å²) in [5, 5.41) is 0. The quantitative estimate of drug-likeness (QED) is 0.824. The van der Waals surface area contributed by atoms with Gasteiger partial charge in [-0.2, -0.15) is 0 Å². The molecule has 0 bridgehead atoms. The Bertz CT molecular complexity index is 787. The number of anilines is 2. The summed E-state index contributed by atoms with van der Waals surface area (Å²) in [7, 11) is 3.11. The highest BCUT2D eigenvalue weighted by Crippen LogP contribution is 2.40. The molecule has 3 rings (SSSR count). The maximum Gasteiger partial charge on any atom is 0.231 e. The summed E-state index contributed by atoms with van der Waals surface area (Å²) in [6, 6.07) is 6.68. The topological polar surface area (TPSA) is 55.6 Å². The molecular weight excluding hydrogens is 283 g/mol. The van der Waals surface area contributed by atoms with E-state index in [2.05, 4.69) is 0 Å². The average Bonchev–Trinajstić information content (AvgIpc) is 2.57. The molecule has 0 unspecified atom stereocenters. The fourth-order valence-electron chi connectivity index (χ4n) is 2.77. The second-order valence-electron chi connectivity index (χ2n) is 5.50. The lowest BCUT2D eigenvalue weighted by Gasteiger charge is -2.19. The van der Waals surface area contributed by atoms with Crippen LogP contribution in [0.25, 0.3) is 11.1 Å². The van der Waals surface area contributed by atoms with Crippen molar-refractivity contribution < 1.29 is 13.9 Å². The third-order valence-corrected chi connectivity index (χ3v) is 4.13. The summed E-state index contributed by atoms with van der Waals surface area (Å²) in [4.78, 5) is 13.9. The SMILES string of the molecule is COc1cc2c(cc1F)-c1cc(C)c(N)cc1N(C)C(=O)C2. The number of fused-ring (bicyclic) bond motifs is 3. The molecule has 0 aromatic heterocycles. The number of likely N-dealkylation sites (N-methyl/N-ethyl adjacent to an activating group) is 1. The van der Waals surface area contributed by atoms with Crippen molar-refractivity contribution in [2.75, 3.05) is 24.8 Å². The summed E-state index contributed by atoms with van der Waals surface area (Å²) >= 11 is 0. The number of carbonyl (C=O) groups excluding carboxylic acids is 1. The minimum Gasteiger partial charge on any atom is -0.494 e. The number of methoxy groups -OCH3 is 1. The van der Waals surface area contributed by atoms with Gasteiger partial charge in [0.2, 0.25) is 5.91 Å². The van der Waals surface area contributed by atoms with E-state index in [1.807, 2.05) is 13.0 Å². The van der Waals surface area contributed by atoms with Crippen molar-refractivity contribution >= 4 is 17.3 Å². The molecule has 0 spiro atoms. The third-order valence-electron chi connectivity index (χ3n) is 4.13. The molecule has 0 saturated heterocycles. The number of hydrogen-bond acceptors (Lipinski definition) is 3. The lowest BCUT2D eigenvalue weighted by Crippen LogP contribution is -2.26. The Morgan fingerprint density at radius 1 is 1.23 bits per heavy atom. The number of nitrogen functional groups attached to an aromatic ring is 1. The maximum atomic E-state index is 14.1. The Labute approximate surface area is 128 Å². The molecular formula is C17H17FN2O2. The van der Waals surface area contributed by atoms with E-state index in [0.717, 1.165) is 16.7 Å². The van der Waals surface area contributed by atoms with Crippen LogP contribution in [0, 0.1) is 12.7 Å². The Hall–Kier alpha value is -2.56. The van der Waals surface area contributed by atoms with Crippen molar-refractivity contribution in [2.45, 2.75) is 13.3 Å². The number of nitrogens with zero attached hydrogens (tertiary/aromatic N) is 1. The molecule has 0 fully saturated rings. The van der Waals surface area contributed by atoms with Crippen LogP contribution in [0.15, 0.2) is 24.3 Å². The molecule has 114 valence electrons. The smallest absolute Gasteiger partial charge is 0.231 e. The zero-order chi connectivity index (χ0) is 16.0. The van der Waals surface area contributed by atoms with Crippen LogP contribution in [-0.4, -0.2) is 20.1 Å². The van der Waals surface area contributed by atoms with Crippen LogP contribution in [0.1, 0.15) is 11.1 Å². The zero-order valence-corrected chi connectivity index (χ0v) is 12.7. The third kappa shape index (κ3) is 2.09. The number of amides is 1. The van der Waals surface area contributed by atoms with Crippen LogP contribution in [0.4, 0.5) is 15.8 Å². The first-order valence-electron chi connectivity index (χ1n) is 6.96. The Morgan fingerprint density at radius 2 is 1.95 bits per heavy atom. The van der Waals surface area contributed by atoms with Gasteiger partial charge >= 0.3 is 0 Å². The highest BCUT2D eigenvalue weighted by Gasteiger charge is 2.25. The van der Waals surface area contributed by atoms with Gasteiger partial charge < -0.3 is 15.4 Å². The molecule has 5 heteroatoms. The number of ether oxygens (including phenoxy) is 1. The van der Waals surface area contributed by atoms with Gasteiger partial charge in [0.1, 0.15) is 0 Å². The average molecular weight is 300 g/mol. The first-order chi connectivity index (χ1) is 10.4. The minimum absolute atomic E-state index is 0.0723. The van der Waals surface area contributed by atoms with E-state index in [1.165, 1.54) is 13.2 Å². The normalized spacial score (nSPS) is 13.5. The van der Waals surface area contributed by atoms with Crippen LogP contribution in [-0.2, 0) is 11.2 Å². The Morgan fingerprint density at radius 3 is 2.64 bits per heavy atom. The lowest BCUT2D eigenvalue weighted by molar-refractivity contribution is -0.117. The monoisotopic (exact) mass is 300 g/mol. The number of nitrogens with two attached hydrogens (primary N) is 1. The predicted octanol–water partition coefficient (Wildman–Crippen LogP) is 2.91. The van der Waals surface area contributed by atoms with Gasteiger partial charge in [-0.3, -0.25) is 4.79 Å². The number of benzene rings is 2. The number of rotatable bonds is 1.